The van der Waals surface area contributed by atoms with Crippen LogP contribution in [0.3, 0.4) is 0 Å². The van der Waals surface area contributed by atoms with E-state index >= 15 is 0 Å². The smallest absolute Gasteiger partial charge is 0.277 e. The average molecular weight is 388 g/mol. The molecule has 0 N–H and O–H groups in total. The van der Waals surface area contributed by atoms with E-state index in [2.05, 4.69) is 10.2 Å². The largest absolute Gasteiger partial charge is 0.411 e. The molecule has 0 spiro atoms. The van der Waals surface area contributed by atoms with Crippen molar-refractivity contribution in [3.63, 3.8) is 0 Å². The number of halogens is 1. The van der Waals surface area contributed by atoms with Gasteiger partial charge in [-0.2, -0.15) is 0 Å². The summed E-state index contributed by atoms with van der Waals surface area (Å²) in [6, 6.07) is 17.0. The van der Waals surface area contributed by atoms with Gasteiger partial charge in [-0.05, 0) is 36.8 Å². The Kier molecular flexibility index (Phi) is 5.96. The van der Waals surface area contributed by atoms with Gasteiger partial charge in [0.05, 0.1) is 5.25 Å². The molecule has 1 atom stereocenters. The van der Waals surface area contributed by atoms with Gasteiger partial charge in [0.1, 0.15) is 0 Å². The Labute approximate surface area is 161 Å². The van der Waals surface area contributed by atoms with Crippen LogP contribution in [-0.2, 0) is 11.3 Å². The maximum Gasteiger partial charge on any atom is 0.277 e. The van der Waals surface area contributed by atoms with Crippen LogP contribution in [-0.4, -0.2) is 33.3 Å². The first-order chi connectivity index (χ1) is 12.5. The van der Waals surface area contributed by atoms with Gasteiger partial charge in [0.15, 0.2) is 0 Å². The Balaban J connectivity index is 1.61. The van der Waals surface area contributed by atoms with Gasteiger partial charge in [0, 0.05) is 24.2 Å². The van der Waals surface area contributed by atoms with Crippen LogP contribution in [0.25, 0.3) is 11.5 Å². The van der Waals surface area contributed by atoms with E-state index in [1.165, 1.54) is 11.8 Å². The third-order valence-electron chi connectivity index (χ3n) is 3.76. The highest BCUT2D eigenvalue weighted by atomic mass is 35.5. The van der Waals surface area contributed by atoms with Crippen molar-refractivity contribution in [2.75, 3.05) is 7.05 Å². The zero-order chi connectivity index (χ0) is 18.5. The Morgan fingerprint density at radius 2 is 1.85 bits per heavy atom. The lowest BCUT2D eigenvalue weighted by Crippen LogP contribution is -2.32. The second-order valence-corrected chi connectivity index (χ2v) is 7.55. The molecule has 0 radical (unpaired) electrons. The predicted molar refractivity (Wildman–Crippen MR) is 103 cm³/mol. The molecule has 0 fully saturated rings. The quantitative estimate of drug-likeness (QED) is 0.581. The van der Waals surface area contributed by atoms with E-state index in [9.17, 15) is 4.79 Å². The number of thioether (sulfide) groups is 1. The first-order valence-corrected chi connectivity index (χ1v) is 9.33. The summed E-state index contributed by atoms with van der Waals surface area (Å²) in [4.78, 5) is 14.3. The molecule has 5 nitrogen and oxygen atoms in total. The summed E-state index contributed by atoms with van der Waals surface area (Å²) in [7, 11) is 1.79. The molecule has 3 rings (SSSR count). The molecule has 134 valence electrons. The fourth-order valence-electron chi connectivity index (χ4n) is 2.41. The van der Waals surface area contributed by atoms with Gasteiger partial charge in [-0.3, -0.25) is 4.79 Å². The van der Waals surface area contributed by atoms with Crippen molar-refractivity contribution in [1.29, 1.82) is 0 Å². The molecule has 1 heterocycles. The first-order valence-electron chi connectivity index (χ1n) is 8.08. The molecule has 0 saturated heterocycles. The summed E-state index contributed by atoms with van der Waals surface area (Å²) in [6.45, 7) is 2.39. The maximum absolute atomic E-state index is 12.6. The number of carbonyl (C=O) groups is 1. The summed E-state index contributed by atoms with van der Waals surface area (Å²) < 4.78 is 5.66. The minimum Gasteiger partial charge on any atom is -0.411 e. The third-order valence-corrected chi connectivity index (χ3v) is 4.94. The first kappa shape index (κ1) is 18.5. The highest BCUT2D eigenvalue weighted by Crippen LogP contribution is 2.27. The van der Waals surface area contributed by atoms with Crippen LogP contribution in [0.1, 0.15) is 12.5 Å². The number of amides is 1. The number of carbonyl (C=O) groups excluding carboxylic acids is 1. The van der Waals surface area contributed by atoms with Crippen LogP contribution in [0, 0.1) is 0 Å². The Hall–Kier alpha value is -2.31. The standard InChI is InChI=1S/C19H18ClN3O2S/c1-13(18(24)23(2)12-14-6-4-3-5-7-14)26-19-22-21-17(25-19)15-8-10-16(20)11-9-15/h3-11,13H,12H2,1-2H3/t13-/m0/s1. The van der Waals surface area contributed by atoms with Crippen LogP contribution in [0.5, 0.6) is 0 Å². The lowest BCUT2D eigenvalue weighted by atomic mass is 10.2. The lowest BCUT2D eigenvalue weighted by molar-refractivity contribution is -0.129. The summed E-state index contributed by atoms with van der Waals surface area (Å²) >= 11 is 7.13. The number of aromatic nitrogens is 2. The van der Waals surface area contributed by atoms with Crippen molar-refractivity contribution in [2.45, 2.75) is 23.9 Å². The zero-order valence-electron chi connectivity index (χ0n) is 14.4. The van der Waals surface area contributed by atoms with Gasteiger partial charge in [0.25, 0.3) is 5.22 Å². The summed E-state index contributed by atoms with van der Waals surface area (Å²) in [5.41, 5.74) is 1.87. The van der Waals surface area contributed by atoms with Crippen molar-refractivity contribution in [3.8, 4) is 11.5 Å². The third kappa shape index (κ3) is 4.65. The number of nitrogens with zero attached hydrogens (tertiary/aromatic N) is 3. The molecule has 26 heavy (non-hydrogen) atoms. The van der Waals surface area contributed by atoms with Gasteiger partial charge in [-0.15, -0.1) is 10.2 Å². The van der Waals surface area contributed by atoms with Gasteiger partial charge in [0.2, 0.25) is 11.8 Å². The second-order valence-electron chi connectivity index (χ2n) is 5.82. The van der Waals surface area contributed by atoms with Crippen LogP contribution in [0.15, 0.2) is 64.2 Å². The van der Waals surface area contributed by atoms with Gasteiger partial charge in [-0.1, -0.05) is 53.7 Å². The summed E-state index contributed by atoms with van der Waals surface area (Å²) in [5, 5.41) is 8.73. The Morgan fingerprint density at radius 3 is 2.54 bits per heavy atom. The van der Waals surface area contributed by atoms with Crippen LogP contribution < -0.4 is 0 Å². The molecule has 3 aromatic rings. The van der Waals surface area contributed by atoms with E-state index < -0.39 is 0 Å². The van der Waals surface area contributed by atoms with E-state index in [4.69, 9.17) is 16.0 Å². The second kappa shape index (κ2) is 8.38. The average Bonchev–Trinajstić information content (AvgIpc) is 3.11. The van der Waals surface area contributed by atoms with Gasteiger partial charge in [-0.25, -0.2) is 0 Å². The molecule has 7 heteroatoms. The van der Waals surface area contributed by atoms with E-state index in [0.717, 1.165) is 11.1 Å². The highest BCUT2D eigenvalue weighted by Gasteiger charge is 2.22. The topological polar surface area (TPSA) is 59.2 Å². The van der Waals surface area contributed by atoms with Crippen molar-refractivity contribution < 1.29 is 9.21 Å². The van der Waals surface area contributed by atoms with Gasteiger partial charge >= 0.3 is 0 Å². The summed E-state index contributed by atoms with van der Waals surface area (Å²) in [6.07, 6.45) is 0. The summed E-state index contributed by atoms with van der Waals surface area (Å²) in [5.74, 6) is 0.409. The molecule has 0 aliphatic heterocycles. The number of hydrogen-bond donors (Lipinski definition) is 0. The molecular weight excluding hydrogens is 370 g/mol. The fraction of sp³-hybridized carbons (Fsp3) is 0.211. The van der Waals surface area contributed by atoms with E-state index in [1.807, 2.05) is 49.4 Å². The Bertz CT molecular complexity index is 868. The van der Waals surface area contributed by atoms with E-state index in [1.54, 1.807) is 24.1 Å². The number of hydrogen-bond acceptors (Lipinski definition) is 5. The lowest BCUT2D eigenvalue weighted by Gasteiger charge is -2.20. The number of benzene rings is 2. The molecule has 0 aliphatic rings. The molecule has 0 saturated carbocycles. The molecule has 1 amide bonds. The zero-order valence-corrected chi connectivity index (χ0v) is 16.0. The molecule has 0 bridgehead atoms. The van der Waals surface area contributed by atoms with Crippen molar-refractivity contribution in [3.05, 3.63) is 65.2 Å². The maximum atomic E-state index is 12.6. The van der Waals surface area contributed by atoms with E-state index in [-0.39, 0.29) is 11.2 Å². The van der Waals surface area contributed by atoms with Crippen molar-refractivity contribution >= 4 is 29.3 Å². The molecule has 2 aromatic carbocycles. The molecular formula is C19H18ClN3O2S. The van der Waals surface area contributed by atoms with E-state index in [0.29, 0.717) is 22.7 Å². The SMILES string of the molecule is C[C@H](Sc1nnc(-c2ccc(Cl)cc2)o1)C(=O)N(C)Cc1ccccc1. The van der Waals surface area contributed by atoms with Crippen molar-refractivity contribution in [1.82, 2.24) is 15.1 Å². The minimum atomic E-state index is -0.331. The number of rotatable bonds is 6. The van der Waals surface area contributed by atoms with Crippen LogP contribution in [0.4, 0.5) is 0 Å². The monoisotopic (exact) mass is 387 g/mol. The highest BCUT2D eigenvalue weighted by molar-refractivity contribution is 8.00. The van der Waals surface area contributed by atoms with Crippen molar-refractivity contribution in [2.24, 2.45) is 0 Å². The minimum absolute atomic E-state index is 0.00472. The van der Waals surface area contributed by atoms with Gasteiger partial charge < -0.3 is 9.32 Å². The molecule has 1 aromatic heterocycles. The molecule has 0 unspecified atom stereocenters. The molecule has 0 aliphatic carbocycles. The Morgan fingerprint density at radius 1 is 1.15 bits per heavy atom. The predicted octanol–water partition coefficient (Wildman–Crippen LogP) is 4.53. The normalized spacial score (nSPS) is 12.0. The fourth-order valence-corrected chi connectivity index (χ4v) is 3.34. The van der Waals surface area contributed by atoms with Crippen LogP contribution in [0.2, 0.25) is 5.02 Å². The van der Waals surface area contributed by atoms with Crippen LogP contribution >= 0.6 is 23.4 Å².